The van der Waals surface area contributed by atoms with E-state index in [2.05, 4.69) is 28.2 Å². The van der Waals surface area contributed by atoms with Crippen molar-refractivity contribution < 1.29 is 9.13 Å². The van der Waals surface area contributed by atoms with Gasteiger partial charge in [-0.05, 0) is 37.6 Å². The molecule has 1 aromatic carbocycles. The molecule has 21 heavy (non-hydrogen) atoms. The molecular formula is C17H25BrFNO. The lowest BCUT2D eigenvalue weighted by Crippen LogP contribution is -2.45. The lowest BCUT2D eigenvalue weighted by atomic mass is 9.82. The second-order valence-electron chi connectivity index (χ2n) is 5.84. The van der Waals surface area contributed by atoms with Crippen LogP contribution in [-0.4, -0.2) is 19.3 Å². The Labute approximate surface area is 135 Å². The van der Waals surface area contributed by atoms with Crippen molar-refractivity contribution in [2.45, 2.75) is 57.1 Å². The molecule has 1 atom stereocenters. The molecule has 0 spiro atoms. The molecule has 0 saturated heterocycles. The second-order valence-corrected chi connectivity index (χ2v) is 6.76. The van der Waals surface area contributed by atoms with Gasteiger partial charge < -0.3 is 10.1 Å². The van der Waals surface area contributed by atoms with Crippen molar-refractivity contribution in [1.82, 2.24) is 5.32 Å². The summed E-state index contributed by atoms with van der Waals surface area (Å²) >= 11 is 3.46. The van der Waals surface area contributed by atoms with Crippen molar-refractivity contribution in [3.8, 4) is 0 Å². The highest BCUT2D eigenvalue weighted by Crippen LogP contribution is 2.41. The molecule has 0 radical (unpaired) electrons. The van der Waals surface area contributed by atoms with Gasteiger partial charge in [-0.2, -0.15) is 0 Å². The van der Waals surface area contributed by atoms with Crippen LogP contribution in [0.4, 0.5) is 4.39 Å². The smallest absolute Gasteiger partial charge is 0.128 e. The first kappa shape index (κ1) is 16.9. The minimum absolute atomic E-state index is 0.108. The van der Waals surface area contributed by atoms with Gasteiger partial charge in [-0.3, -0.25) is 0 Å². The van der Waals surface area contributed by atoms with Crippen molar-refractivity contribution in [3.05, 3.63) is 34.1 Å². The Kier molecular flexibility index (Phi) is 6.20. The van der Waals surface area contributed by atoms with Gasteiger partial charge in [0.15, 0.2) is 0 Å². The van der Waals surface area contributed by atoms with Crippen molar-refractivity contribution in [3.63, 3.8) is 0 Å². The Morgan fingerprint density at radius 3 is 2.52 bits per heavy atom. The summed E-state index contributed by atoms with van der Waals surface area (Å²) in [7, 11) is 1.77. The van der Waals surface area contributed by atoms with Gasteiger partial charge in [-0.1, -0.05) is 48.5 Å². The summed E-state index contributed by atoms with van der Waals surface area (Å²) in [5.41, 5.74) is 0.392. The van der Waals surface area contributed by atoms with E-state index in [1.165, 1.54) is 18.9 Å². The first-order valence-corrected chi connectivity index (χ1v) is 8.66. The van der Waals surface area contributed by atoms with Gasteiger partial charge >= 0.3 is 0 Å². The zero-order valence-electron chi connectivity index (χ0n) is 12.9. The molecule has 1 fully saturated rings. The van der Waals surface area contributed by atoms with Gasteiger partial charge in [0.25, 0.3) is 0 Å². The molecule has 0 aromatic heterocycles. The highest BCUT2D eigenvalue weighted by atomic mass is 79.9. The third-order valence-corrected chi connectivity index (χ3v) is 5.05. The van der Waals surface area contributed by atoms with Crippen LogP contribution in [0.1, 0.15) is 57.1 Å². The molecule has 0 heterocycles. The number of methoxy groups -OCH3 is 1. The SMILES string of the molecule is CCNC(c1cc(Br)ccc1F)C1(OC)CCCCCC1. The fraction of sp³-hybridized carbons (Fsp3) is 0.647. The summed E-state index contributed by atoms with van der Waals surface area (Å²) in [6, 6.07) is 5.05. The Morgan fingerprint density at radius 2 is 1.95 bits per heavy atom. The Bertz CT molecular complexity index is 458. The Balaban J connectivity index is 2.41. The summed E-state index contributed by atoms with van der Waals surface area (Å²) in [4.78, 5) is 0. The van der Waals surface area contributed by atoms with E-state index in [0.717, 1.165) is 36.7 Å². The minimum atomic E-state index is -0.311. The lowest BCUT2D eigenvalue weighted by molar-refractivity contribution is -0.0545. The van der Waals surface area contributed by atoms with E-state index in [1.54, 1.807) is 13.2 Å². The van der Waals surface area contributed by atoms with Crippen LogP contribution in [0.3, 0.4) is 0 Å². The number of ether oxygens (including phenoxy) is 1. The molecule has 1 aliphatic rings. The molecule has 118 valence electrons. The van der Waals surface area contributed by atoms with Crippen LogP contribution in [-0.2, 0) is 4.74 Å². The minimum Gasteiger partial charge on any atom is -0.376 e. The Hall–Kier alpha value is -0.450. The van der Waals surface area contributed by atoms with Gasteiger partial charge in [-0.25, -0.2) is 4.39 Å². The third kappa shape index (κ3) is 3.85. The number of halogens is 2. The highest BCUT2D eigenvalue weighted by molar-refractivity contribution is 9.10. The second kappa shape index (κ2) is 7.70. The molecule has 1 aromatic rings. The van der Waals surface area contributed by atoms with Gasteiger partial charge in [0.1, 0.15) is 5.82 Å². The first-order valence-electron chi connectivity index (χ1n) is 7.86. The van der Waals surface area contributed by atoms with Crippen LogP contribution in [0, 0.1) is 5.82 Å². The topological polar surface area (TPSA) is 21.3 Å². The largest absolute Gasteiger partial charge is 0.376 e. The zero-order chi connectivity index (χ0) is 15.3. The molecule has 1 aliphatic carbocycles. The molecule has 0 bridgehead atoms. The molecule has 2 rings (SSSR count). The van der Waals surface area contributed by atoms with Gasteiger partial charge in [-0.15, -0.1) is 0 Å². The van der Waals surface area contributed by atoms with Crippen molar-refractivity contribution in [1.29, 1.82) is 0 Å². The third-order valence-electron chi connectivity index (χ3n) is 4.56. The average Bonchev–Trinajstić information content (AvgIpc) is 2.74. The number of likely N-dealkylation sites (N-methyl/N-ethyl adjacent to an activating group) is 1. The van der Waals surface area contributed by atoms with Gasteiger partial charge in [0.2, 0.25) is 0 Å². The van der Waals surface area contributed by atoms with E-state index in [4.69, 9.17) is 4.74 Å². The highest BCUT2D eigenvalue weighted by Gasteiger charge is 2.40. The molecule has 1 saturated carbocycles. The molecular weight excluding hydrogens is 333 g/mol. The normalized spacial score (nSPS) is 20.0. The summed E-state index contributed by atoms with van der Waals surface area (Å²) in [6.07, 6.45) is 6.73. The maximum Gasteiger partial charge on any atom is 0.128 e. The van der Waals surface area contributed by atoms with Crippen molar-refractivity contribution in [2.75, 3.05) is 13.7 Å². The van der Waals surface area contributed by atoms with E-state index >= 15 is 0 Å². The monoisotopic (exact) mass is 357 g/mol. The van der Waals surface area contributed by atoms with E-state index < -0.39 is 0 Å². The standard InChI is InChI=1S/C17H25BrFNO/c1-3-20-16(14-12-13(18)8-9-15(14)19)17(21-2)10-6-4-5-7-11-17/h8-9,12,16,20H,3-7,10-11H2,1-2H3. The Morgan fingerprint density at radius 1 is 1.29 bits per heavy atom. The maximum absolute atomic E-state index is 14.4. The molecule has 0 amide bonds. The summed E-state index contributed by atoms with van der Waals surface area (Å²) in [6.45, 7) is 2.85. The summed E-state index contributed by atoms with van der Waals surface area (Å²) in [5, 5.41) is 3.47. The average molecular weight is 358 g/mol. The van der Waals surface area contributed by atoms with Crippen LogP contribution in [0.5, 0.6) is 0 Å². The van der Waals surface area contributed by atoms with E-state index in [9.17, 15) is 4.39 Å². The number of hydrogen-bond acceptors (Lipinski definition) is 2. The molecule has 1 N–H and O–H groups in total. The van der Waals surface area contributed by atoms with Gasteiger partial charge in [0.05, 0.1) is 11.6 Å². The van der Waals surface area contributed by atoms with Gasteiger partial charge in [0, 0.05) is 17.1 Å². The van der Waals surface area contributed by atoms with Crippen LogP contribution in [0.2, 0.25) is 0 Å². The number of nitrogens with one attached hydrogen (secondary N) is 1. The molecule has 2 nitrogen and oxygen atoms in total. The van der Waals surface area contributed by atoms with Crippen LogP contribution >= 0.6 is 15.9 Å². The first-order chi connectivity index (χ1) is 10.1. The quantitative estimate of drug-likeness (QED) is 0.750. The van der Waals surface area contributed by atoms with Crippen LogP contribution < -0.4 is 5.32 Å². The number of hydrogen-bond donors (Lipinski definition) is 1. The van der Waals surface area contributed by atoms with E-state index in [1.807, 2.05) is 6.07 Å². The van der Waals surface area contributed by atoms with Crippen LogP contribution in [0.25, 0.3) is 0 Å². The molecule has 0 aliphatic heterocycles. The molecule has 4 heteroatoms. The van der Waals surface area contributed by atoms with Crippen molar-refractivity contribution in [2.24, 2.45) is 0 Å². The predicted molar refractivity (Wildman–Crippen MR) is 88.0 cm³/mol. The predicted octanol–water partition coefficient (Wildman–Crippen LogP) is 4.98. The van der Waals surface area contributed by atoms with E-state index in [0.29, 0.717) is 5.56 Å². The fourth-order valence-corrected chi connectivity index (χ4v) is 3.84. The summed E-state index contributed by atoms with van der Waals surface area (Å²) in [5.74, 6) is -0.162. The zero-order valence-corrected chi connectivity index (χ0v) is 14.5. The number of benzene rings is 1. The van der Waals surface area contributed by atoms with Crippen molar-refractivity contribution >= 4 is 15.9 Å². The summed E-state index contributed by atoms with van der Waals surface area (Å²) < 4.78 is 21.3. The fourth-order valence-electron chi connectivity index (χ4n) is 3.46. The van der Waals surface area contributed by atoms with E-state index in [-0.39, 0.29) is 17.5 Å². The van der Waals surface area contributed by atoms with Crippen LogP contribution in [0.15, 0.2) is 22.7 Å². The maximum atomic E-state index is 14.4. The molecule has 1 unspecified atom stereocenters. The number of rotatable bonds is 5. The lowest BCUT2D eigenvalue weighted by Gasteiger charge is -2.40.